The van der Waals surface area contributed by atoms with Crippen molar-refractivity contribution in [3.8, 4) is 0 Å². The van der Waals surface area contributed by atoms with Gasteiger partial charge < -0.3 is 5.73 Å². The maximum absolute atomic E-state index is 6.28. The van der Waals surface area contributed by atoms with Gasteiger partial charge in [-0.3, -0.25) is 0 Å². The molecule has 3 nitrogen and oxygen atoms in total. The fourth-order valence-electron chi connectivity index (χ4n) is 3.14. The highest BCUT2D eigenvalue weighted by Crippen LogP contribution is 2.40. The van der Waals surface area contributed by atoms with Crippen molar-refractivity contribution in [1.82, 2.24) is 9.97 Å². The van der Waals surface area contributed by atoms with E-state index < -0.39 is 0 Å². The lowest BCUT2D eigenvalue weighted by Gasteiger charge is -2.18. The topological polar surface area (TPSA) is 51.8 Å². The van der Waals surface area contributed by atoms with Crippen molar-refractivity contribution in [1.29, 1.82) is 0 Å². The van der Waals surface area contributed by atoms with Crippen molar-refractivity contribution in [2.75, 3.05) is 5.73 Å². The van der Waals surface area contributed by atoms with E-state index in [1.165, 1.54) is 22.4 Å². The summed E-state index contributed by atoms with van der Waals surface area (Å²) in [6.07, 6.45) is 3.53. The van der Waals surface area contributed by atoms with E-state index in [1.807, 2.05) is 17.4 Å². The summed E-state index contributed by atoms with van der Waals surface area (Å²) in [5.74, 6) is 2.25. The Morgan fingerprint density at radius 1 is 1.26 bits per heavy atom. The molecule has 4 rings (SSSR count). The molecule has 0 fully saturated rings. The smallest absolute Gasteiger partial charge is 0.191 e. The van der Waals surface area contributed by atoms with Crippen molar-refractivity contribution in [2.24, 2.45) is 5.92 Å². The number of aromatic nitrogens is 2. The number of aryl methyl sites for hydroxylation is 1. The molecule has 1 aliphatic carbocycles. The van der Waals surface area contributed by atoms with Gasteiger partial charge in [-0.05, 0) is 36.3 Å². The fraction of sp³-hybridized carbons (Fsp3) is 0.333. The van der Waals surface area contributed by atoms with Gasteiger partial charge in [-0.2, -0.15) is 0 Å². The van der Waals surface area contributed by atoms with Crippen LogP contribution in [0.25, 0.3) is 10.2 Å². The van der Waals surface area contributed by atoms with Gasteiger partial charge in [0.05, 0.1) is 5.39 Å². The van der Waals surface area contributed by atoms with Gasteiger partial charge in [0.15, 0.2) is 5.16 Å². The number of nitrogens with zero attached hydrogens (tertiary/aromatic N) is 2. The average Bonchev–Trinajstić information content (AvgIpc) is 2.92. The largest absolute Gasteiger partial charge is 0.383 e. The molecule has 1 aliphatic rings. The highest BCUT2D eigenvalue weighted by Gasteiger charge is 2.23. The van der Waals surface area contributed by atoms with E-state index in [4.69, 9.17) is 10.7 Å². The quantitative estimate of drug-likeness (QED) is 0.554. The molecule has 5 heteroatoms. The summed E-state index contributed by atoms with van der Waals surface area (Å²) < 4.78 is 0. The number of nitrogens with two attached hydrogens (primary N) is 1. The van der Waals surface area contributed by atoms with Crippen LogP contribution in [0.2, 0.25) is 0 Å². The molecule has 0 amide bonds. The van der Waals surface area contributed by atoms with Crippen LogP contribution in [0.15, 0.2) is 35.5 Å². The molecular formula is C18H19N3S2. The Balaban J connectivity index is 1.65. The van der Waals surface area contributed by atoms with Crippen LogP contribution in [0.1, 0.15) is 29.3 Å². The van der Waals surface area contributed by atoms with E-state index in [0.29, 0.717) is 5.82 Å². The Hall–Kier alpha value is -1.59. The number of nitrogen functional groups attached to an aromatic ring is 1. The number of benzene rings is 1. The molecular weight excluding hydrogens is 322 g/mol. The number of rotatable bonds is 3. The van der Waals surface area contributed by atoms with Gasteiger partial charge >= 0.3 is 0 Å². The SMILES string of the molecule is C[C@H]1CCc2sc3nc(SCc4ccccc4)nc(N)c3c2C1. The normalized spacial score (nSPS) is 17.3. The van der Waals surface area contributed by atoms with Crippen LogP contribution in [0.3, 0.4) is 0 Å². The van der Waals surface area contributed by atoms with Crippen molar-refractivity contribution < 1.29 is 0 Å². The third-order valence-electron chi connectivity index (χ3n) is 4.37. The molecule has 0 spiro atoms. The monoisotopic (exact) mass is 341 g/mol. The third kappa shape index (κ3) is 2.95. The van der Waals surface area contributed by atoms with E-state index in [9.17, 15) is 0 Å². The molecule has 0 unspecified atom stereocenters. The number of fused-ring (bicyclic) bond motifs is 3. The van der Waals surface area contributed by atoms with E-state index in [0.717, 1.165) is 39.9 Å². The molecule has 0 bridgehead atoms. The molecule has 1 atom stereocenters. The number of thioether (sulfide) groups is 1. The molecule has 118 valence electrons. The molecule has 0 aliphatic heterocycles. The van der Waals surface area contributed by atoms with Crippen molar-refractivity contribution in [3.63, 3.8) is 0 Å². The Bertz CT molecular complexity index is 842. The molecule has 23 heavy (non-hydrogen) atoms. The molecule has 3 aromatic rings. The number of hydrogen-bond acceptors (Lipinski definition) is 5. The van der Waals surface area contributed by atoms with Crippen LogP contribution >= 0.6 is 23.1 Å². The Labute approximate surface area is 144 Å². The maximum Gasteiger partial charge on any atom is 0.191 e. The predicted molar refractivity (Wildman–Crippen MR) is 99.0 cm³/mol. The van der Waals surface area contributed by atoms with E-state index >= 15 is 0 Å². The summed E-state index contributed by atoms with van der Waals surface area (Å²) in [6, 6.07) is 10.4. The number of hydrogen-bond donors (Lipinski definition) is 1. The second-order valence-corrected chi connectivity index (χ2v) is 8.22. The van der Waals surface area contributed by atoms with Gasteiger partial charge in [0.1, 0.15) is 10.6 Å². The van der Waals surface area contributed by atoms with Gasteiger partial charge in [-0.15, -0.1) is 11.3 Å². The molecule has 2 heterocycles. The molecule has 2 N–H and O–H groups in total. The summed E-state index contributed by atoms with van der Waals surface area (Å²) in [5, 5.41) is 1.89. The highest BCUT2D eigenvalue weighted by atomic mass is 32.2. The lowest BCUT2D eigenvalue weighted by molar-refractivity contribution is 0.508. The Morgan fingerprint density at radius 3 is 2.91 bits per heavy atom. The first kappa shape index (κ1) is 15.0. The van der Waals surface area contributed by atoms with Crippen LogP contribution in [0, 0.1) is 5.92 Å². The van der Waals surface area contributed by atoms with Crippen LogP contribution in [-0.4, -0.2) is 9.97 Å². The Kier molecular flexibility index (Phi) is 3.99. The minimum atomic E-state index is 0.650. The zero-order valence-electron chi connectivity index (χ0n) is 13.1. The first-order valence-corrected chi connectivity index (χ1v) is 9.75. The molecule has 1 aromatic carbocycles. The zero-order valence-corrected chi connectivity index (χ0v) is 14.7. The number of thiophene rings is 1. The standard InChI is InChI=1S/C18H19N3S2/c1-11-7-8-14-13(9-11)15-16(19)20-18(21-17(15)23-14)22-10-12-5-3-2-4-6-12/h2-6,11H,7-10H2,1H3,(H2,19,20,21)/t11-/m0/s1. The van der Waals surface area contributed by atoms with Gasteiger partial charge in [0.2, 0.25) is 0 Å². The van der Waals surface area contributed by atoms with Gasteiger partial charge in [-0.1, -0.05) is 49.0 Å². The average molecular weight is 342 g/mol. The van der Waals surface area contributed by atoms with Gasteiger partial charge in [0.25, 0.3) is 0 Å². The molecule has 0 saturated heterocycles. The third-order valence-corrected chi connectivity index (χ3v) is 6.47. The summed E-state index contributed by atoms with van der Waals surface area (Å²) in [6.45, 7) is 2.31. The summed E-state index contributed by atoms with van der Waals surface area (Å²) in [7, 11) is 0. The van der Waals surface area contributed by atoms with Crippen LogP contribution < -0.4 is 5.73 Å². The zero-order chi connectivity index (χ0) is 15.8. The van der Waals surface area contributed by atoms with Crippen molar-refractivity contribution in [2.45, 2.75) is 37.1 Å². The summed E-state index contributed by atoms with van der Waals surface area (Å²) in [4.78, 5) is 11.9. The van der Waals surface area contributed by atoms with Gasteiger partial charge in [-0.25, -0.2) is 9.97 Å². The van der Waals surface area contributed by atoms with Crippen molar-refractivity contribution in [3.05, 3.63) is 46.3 Å². The maximum atomic E-state index is 6.28. The lowest BCUT2D eigenvalue weighted by atomic mass is 9.89. The summed E-state index contributed by atoms with van der Waals surface area (Å²) >= 11 is 3.46. The second kappa shape index (κ2) is 6.13. The molecule has 2 aromatic heterocycles. The molecule has 0 radical (unpaired) electrons. The predicted octanol–water partition coefficient (Wildman–Crippen LogP) is 4.69. The fourth-order valence-corrected chi connectivity index (χ4v) is 5.23. The van der Waals surface area contributed by atoms with E-state index in [-0.39, 0.29) is 0 Å². The first-order valence-electron chi connectivity index (χ1n) is 7.95. The minimum absolute atomic E-state index is 0.650. The van der Waals surface area contributed by atoms with Crippen LogP contribution in [0.5, 0.6) is 0 Å². The van der Waals surface area contributed by atoms with Crippen LogP contribution in [0.4, 0.5) is 5.82 Å². The first-order chi connectivity index (χ1) is 11.2. The molecule has 0 saturated carbocycles. The number of anilines is 1. The lowest BCUT2D eigenvalue weighted by Crippen LogP contribution is -2.09. The minimum Gasteiger partial charge on any atom is -0.383 e. The van der Waals surface area contributed by atoms with E-state index in [1.54, 1.807) is 11.8 Å². The highest BCUT2D eigenvalue weighted by molar-refractivity contribution is 7.98. The van der Waals surface area contributed by atoms with E-state index in [2.05, 4.69) is 36.2 Å². The van der Waals surface area contributed by atoms with Crippen LogP contribution in [-0.2, 0) is 18.6 Å². The second-order valence-electron chi connectivity index (χ2n) is 6.20. The van der Waals surface area contributed by atoms with Crippen molar-refractivity contribution >= 4 is 39.1 Å². The Morgan fingerprint density at radius 2 is 2.09 bits per heavy atom. The summed E-state index contributed by atoms with van der Waals surface area (Å²) in [5.41, 5.74) is 8.96. The van der Waals surface area contributed by atoms with Gasteiger partial charge in [0, 0.05) is 10.6 Å².